The van der Waals surface area contributed by atoms with E-state index in [1.54, 1.807) is 0 Å². The third-order valence-corrected chi connectivity index (χ3v) is 5.70. The zero-order valence-electron chi connectivity index (χ0n) is 17.9. The van der Waals surface area contributed by atoms with Crippen LogP contribution >= 0.6 is 11.6 Å². The zero-order valence-corrected chi connectivity index (χ0v) is 18.6. The van der Waals surface area contributed by atoms with Crippen LogP contribution in [0, 0.1) is 11.3 Å². The Kier molecular flexibility index (Phi) is 6.68. The van der Waals surface area contributed by atoms with Crippen molar-refractivity contribution in [1.29, 1.82) is 5.41 Å². The van der Waals surface area contributed by atoms with Gasteiger partial charge in [0.25, 0.3) is 11.8 Å². The highest BCUT2D eigenvalue weighted by atomic mass is 35.5. The van der Waals surface area contributed by atoms with Crippen LogP contribution in [0.15, 0.2) is 36.4 Å². The first-order valence-corrected chi connectivity index (χ1v) is 10.3. The zero-order chi connectivity index (χ0) is 24.4. The number of carboxylic acids is 1. The predicted octanol–water partition coefficient (Wildman–Crippen LogP) is 2.02. The minimum absolute atomic E-state index is 0.00710. The van der Waals surface area contributed by atoms with E-state index < -0.39 is 29.6 Å². The number of carbonyl (C=O) groups excluding carboxylic acids is 3. The lowest BCUT2D eigenvalue weighted by Crippen LogP contribution is -2.41. The van der Waals surface area contributed by atoms with Crippen molar-refractivity contribution < 1.29 is 24.3 Å². The van der Waals surface area contributed by atoms with Crippen LogP contribution in [0.5, 0.6) is 0 Å². The van der Waals surface area contributed by atoms with Crippen LogP contribution in [0.4, 0.5) is 11.4 Å². The molecule has 1 aliphatic rings. The van der Waals surface area contributed by atoms with E-state index >= 15 is 0 Å². The minimum atomic E-state index is -1.10. The molecule has 0 unspecified atom stereocenters. The molecule has 1 heterocycles. The molecule has 33 heavy (non-hydrogen) atoms. The molecule has 10 nitrogen and oxygen atoms in total. The summed E-state index contributed by atoms with van der Waals surface area (Å²) in [5.41, 5.74) is 6.56. The monoisotopic (exact) mass is 471 g/mol. The Morgan fingerprint density at radius 3 is 2.36 bits per heavy atom. The number of fused-ring (bicyclic) bond motifs is 1. The number of carboxylic acid groups (broad SMARTS) is 1. The average Bonchev–Trinajstić information content (AvgIpc) is 2.86. The normalized spacial score (nSPS) is 14.4. The van der Waals surface area contributed by atoms with Gasteiger partial charge in [0.05, 0.1) is 27.9 Å². The number of nitrogens with zero attached hydrogens (tertiary/aromatic N) is 2. The van der Waals surface area contributed by atoms with Crippen molar-refractivity contribution in [1.82, 2.24) is 4.90 Å². The number of amides is 3. The largest absolute Gasteiger partial charge is 0.481 e. The van der Waals surface area contributed by atoms with E-state index in [-0.39, 0.29) is 46.4 Å². The smallest absolute Gasteiger partial charge is 0.308 e. The van der Waals surface area contributed by atoms with Crippen molar-refractivity contribution in [2.75, 3.05) is 30.4 Å². The SMILES string of the molecule is C[C@H](CN1CC(=O)N(C)c2ccc(NC(=O)c3ccc(C(=N)N)cc3)c(Cl)c2C1=O)C(=O)O. The molecule has 0 bridgehead atoms. The lowest BCUT2D eigenvalue weighted by Gasteiger charge is -2.22. The number of amidine groups is 1. The fraction of sp³-hybridized carbons (Fsp3) is 0.227. The van der Waals surface area contributed by atoms with Crippen molar-refractivity contribution in [3.05, 3.63) is 58.1 Å². The number of carbonyl (C=O) groups is 4. The van der Waals surface area contributed by atoms with Crippen molar-refractivity contribution >= 4 is 52.5 Å². The molecule has 0 radical (unpaired) electrons. The second kappa shape index (κ2) is 9.29. The highest BCUT2D eigenvalue weighted by molar-refractivity contribution is 6.38. The van der Waals surface area contributed by atoms with Crippen LogP contribution in [0.1, 0.15) is 33.2 Å². The number of rotatable bonds is 6. The number of nitrogens with one attached hydrogen (secondary N) is 2. The predicted molar refractivity (Wildman–Crippen MR) is 123 cm³/mol. The maximum Gasteiger partial charge on any atom is 0.308 e. The Hall–Kier alpha value is -3.92. The maximum absolute atomic E-state index is 13.2. The third-order valence-electron chi connectivity index (χ3n) is 5.30. The van der Waals surface area contributed by atoms with Crippen molar-refractivity contribution in [3.63, 3.8) is 0 Å². The highest BCUT2D eigenvalue weighted by Gasteiger charge is 2.34. The fourth-order valence-electron chi connectivity index (χ4n) is 3.33. The van der Waals surface area contributed by atoms with Gasteiger partial charge in [-0.3, -0.25) is 24.6 Å². The first-order valence-electron chi connectivity index (χ1n) is 9.88. The van der Waals surface area contributed by atoms with Crippen LogP contribution in [0.25, 0.3) is 0 Å². The summed E-state index contributed by atoms with van der Waals surface area (Å²) in [7, 11) is 1.49. The second-order valence-corrected chi connectivity index (χ2v) is 8.02. The first kappa shape index (κ1) is 23.7. The van der Waals surface area contributed by atoms with Crippen molar-refractivity contribution in [2.24, 2.45) is 11.7 Å². The van der Waals surface area contributed by atoms with Gasteiger partial charge >= 0.3 is 5.97 Å². The summed E-state index contributed by atoms with van der Waals surface area (Å²) in [4.78, 5) is 52.2. The van der Waals surface area contributed by atoms with E-state index in [0.29, 0.717) is 5.56 Å². The van der Waals surface area contributed by atoms with Gasteiger partial charge in [-0.1, -0.05) is 30.7 Å². The lowest BCUT2D eigenvalue weighted by molar-refractivity contribution is -0.141. The second-order valence-electron chi connectivity index (χ2n) is 7.64. The minimum Gasteiger partial charge on any atom is -0.481 e. The van der Waals surface area contributed by atoms with E-state index in [2.05, 4.69) is 5.32 Å². The van der Waals surface area contributed by atoms with Gasteiger partial charge in [0.15, 0.2) is 0 Å². The Labute approximate surface area is 194 Å². The van der Waals surface area contributed by atoms with E-state index in [1.807, 2.05) is 0 Å². The third kappa shape index (κ3) is 4.80. The molecule has 3 amide bonds. The number of benzene rings is 2. The van der Waals surface area contributed by atoms with Gasteiger partial charge < -0.3 is 26.0 Å². The summed E-state index contributed by atoms with van der Waals surface area (Å²) in [5.74, 6) is -3.64. The summed E-state index contributed by atoms with van der Waals surface area (Å²) in [6.07, 6.45) is 0. The first-order chi connectivity index (χ1) is 15.5. The van der Waals surface area contributed by atoms with Gasteiger partial charge in [-0.15, -0.1) is 0 Å². The van der Waals surface area contributed by atoms with E-state index in [1.165, 1.54) is 55.3 Å². The lowest BCUT2D eigenvalue weighted by atomic mass is 10.1. The molecule has 11 heteroatoms. The fourth-order valence-corrected chi connectivity index (χ4v) is 3.62. The summed E-state index contributed by atoms with van der Waals surface area (Å²) < 4.78 is 0. The van der Waals surface area contributed by atoms with Crippen molar-refractivity contribution in [2.45, 2.75) is 6.92 Å². The molecule has 0 aromatic heterocycles. The molecular formula is C22H22ClN5O5. The number of aliphatic carboxylic acids is 1. The number of nitrogens with two attached hydrogens (primary N) is 1. The van der Waals surface area contributed by atoms with Gasteiger partial charge in [0.1, 0.15) is 12.4 Å². The van der Waals surface area contributed by atoms with Gasteiger partial charge in [0, 0.05) is 24.7 Å². The van der Waals surface area contributed by atoms with Crippen LogP contribution < -0.4 is 16.0 Å². The molecule has 0 aliphatic carbocycles. The topological polar surface area (TPSA) is 157 Å². The Morgan fingerprint density at radius 1 is 1.18 bits per heavy atom. The number of halogens is 1. The van der Waals surface area contributed by atoms with E-state index in [9.17, 15) is 24.3 Å². The molecule has 0 saturated heterocycles. The van der Waals surface area contributed by atoms with Gasteiger partial charge in [-0.25, -0.2) is 0 Å². The number of hydrogen-bond donors (Lipinski definition) is 4. The number of nitrogen functional groups attached to an aromatic ring is 1. The van der Waals surface area contributed by atoms with Crippen LogP contribution in [-0.4, -0.2) is 59.7 Å². The van der Waals surface area contributed by atoms with Crippen LogP contribution in [0.3, 0.4) is 0 Å². The molecule has 0 saturated carbocycles. The molecule has 1 aliphatic heterocycles. The van der Waals surface area contributed by atoms with Crippen molar-refractivity contribution in [3.8, 4) is 0 Å². The van der Waals surface area contributed by atoms with E-state index in [0.717, 1.165) is 4.90 Å². The molecule has 3 rings (SSSR count). The molecule has 172 valence electrons. The summed E-state index contributed by atoms with van der Waals surface area (Å²) >= 11 is 6.51. The number of anilines is 2. The number of likely N-dealkylation sites (N-methyl/N-ethyl adjacent to an activating group) is 1. The number of hydrogen-bond acceptors (Lipinski definition) is 5. The van der Waals surface area contributed by atoms with Crippen LogP contribution in [-0.2, 0) is 9.59 Å². The molecule has 0 fully saturated rings. The summed E-state index contributed by atoms with van der Waals surface area (Å²) in [6, 6.07) is 9.03. The van der Waals surface area contributed by atoms with Crippen LogP contribution in [0.2, 0.25) is 5.02 Å². The molecule has 1 atom stereocenters. The quantitative estimate of drug-likeness (QED) is 0.373. The Balaban J connectivity index is 1.95. The molecule has 2 aromatic rings. The van der Waals surface area contributed by atoms with Gasteiger partial charge in [-0.05, 0) is 24.3 Å². The average molecular weight is 472 g/mol. The molecule has 0 spiro atoms. The molecular weight excluding hydrogens is 450 g/mol. The summed E-state index contributed by atoms with van der Waals surface area (Å²) in [5, 5.41) is 19.2. The Morgan fingerprint density at radius 2 is 1.79 bits per heavy atom. The molecule has 2 aromatic carbocycles. The van der Waals surface area contributed by atoms with Gasteiger partial charge in [0.2, 0.25) is 5.91 Å². The Bertz CT molecular complexity index is 1160. The standard InChI is InChI=1S/C22H22ClN5O5/c1-11(22(32)33)9-28-10-16(29)27(2)15-8-7-14(18(23)17(15)21(28)31)26-20(30)13-5-3-12(4-6-13)19(24)25/h3-8,11H,9-10H2,1-2H3,(H3,24,25)(H,26,30)(H,32,33)/t11-/m1/s1. The maximum atomic E-state index is 13.2. The van der Waals surface area contributed by atoms with Gasteiger partial charge in [-0.2, -0.15) is 0 Å². The molecule has 5 N–H and O–H groups in total. The highest BCUT2D eigenvalue weighted by Crippen LogP contribution is 2.36. The van der Waals surface area contributed by atoms with E-state index in [4.69, 9.17) is 22.7 Å². The summed E-state index contributed by atoms with van der Waals surface area (Å²) in [6.45, 7) is 0.954.